The number of amides is 2. The number of carbonyl (C=O) groups is 2. The zero-order chi connectivity index (χ0) is 27.6. The molecule has 2 amide bonds. The molecule has 2 aromatic heterocycles. The summed E-state index contributed by atoms with van der Waals surface area (Å²) in [5.41, 5.74) is 2.41. The van der Waals surface area contributed by atoms with Crippen LogP contribution in [0.1, 0.15) is 97.6 Å². The number of nitrogens with zero attached hydrogens (tertiary/aromatic N) is 4. The van der Waals surface area contributed by atoms with Gasteiger partial charge in [0.25, 0.3) is 5.91 Å². The van der Waals surface area contributed by atoms with E-state index in [0.29, 0.717) is 23.7 Å². The van der Waals surface area contributed by atoms with E-state index in [-0.39, 0.29) is 54.7 Å². The summed E-state index contributed by atoms with van der Waals surface area (Å²) in [6, 6.07) is 9.66. The molecule has 1 aromatic carbocycles. The quantitative estimate of drug-likeness (QED) is 0.389. The molecule has 2 heterocycles. The molecule has 204 valence electrons. The molecule has 2 N–H and O–H groups in total. The maximum atomic E-state index is 14.0. The van der Waals surface area contributed by atoms with Gasteiger partial charge in [-0.25, -0.2) is 18.3 Å². The number of benzene rings is 1. The summed E-state index contributed by atoms with van der Waals surface area (Å²) in [6.45, 7) is 1.97. The van der Waals surface area contributed by atoms with E-state index in [2.05, 4.69) is 15.7 Å². The van der Waals surface area contributed by atoms with Gasteiger partial charge in [-0.2, -0.15) is 10.4 Å². The van der Waals surface area contributed by atoms with Gasteiger partial charge in [-0.1, -0.05) is 19.1 Å². The zero-order valence-electron chi connectivity index (χ0n) is 21.9. The van der Waals surface area contributed by atoms with Gasteiger partial charge in [0.2, 0.25) is 11.8 Å². The minimum Gasteiger partial charge on any atom is -0.349 e. The van der Waals surface area contributed by atoms with Gasteiger partial charge in [0.05, 0.1) is 47.4 Å². The van der Waals surface area contributed by atoms with E-state index in [0.717, 1.165) is 24.8 Å². The van der Waals surface area contributed by atoms with Crippen LogP contribution in [0, 0.1) is 23.2 Å². The SMILES string of the molecule is CCCC(=O)N[C@@H](c1cnn2cc([C@@H](NC(=O)c3ccccc3C#N)C3CCC(F)(F)CC3)nc2c1)C1CC1. The first-order chi connectivity index (χ1) is 18.8. The van der Waals surface area contributed by atoms with Crippen molar-refractivity contribution in [1.29, 1.82) is 5.26 Å². The van der Waals surface area contributed by atoms with Crippen LogP contribution in [0.3, 0.4) is 0 Å². The molecular weight excluding hydrogens is 502 g/mol. The highest BCUT2D eigenvalue weighted by molar-refractivity contribution is 5.96. The van der Waals surface area contributed by atoms with Crippen molar-refractivity contribution in [3.05, 3.63) is 65.1 Å². The Balaban J connectivity index is 1.45. The Labute approximate surface area is 225 Å². The number of imidazole rings is 1. The van der Waals surface area contributed by atoms with Crippen LogP contribution in [-0.2, 0) is 4.79 Å². The molecule has 2 aliphatic rings. The van der Waals surface area contributed by atoms with Gasteiger partial charge in [-0.05, 0) is 67.7 Å². The van der Waals surface area contributed by atoms with Crippen LogP contribution in [-0.4, -0.2) is 32.3 Å². The molecule has 8 nitrogen and oxygen atoms in total. The van der Waals surface area contributed by atoms with Gasteiger partial charge < -0.3 is 10.6 Å². The van der Waals surface area contributed by atoms with E-state index in [9.17, 15) is 23.6 Å². The molecule has 2 atom stereocenters. The van der Waals surface area contributed by atoms with Crippen LogP contribution in [0.25, 0.3) is 5.65 Å². The van der Waals surface area contributed by atoms with E-state index >= 15 is 0 Å². The smallest absolute Gasteiger partial charge is 0.253 e. The standard InChI is InChI=1S/C29H32F2N6O2/c1-2-5-25(38)35-26(18-8-9-18)21-14-24-34-23(17-37(24)33-16-21)27(19-10-12-29(30,31)13-11-19)36-28(39)22-7-4-3-6-20(22)15-32/h3-4,6-7,14,16-19,26-27H,2,5,8-13H2,1H3,(H,35,38)(H,36,39)/t26-,27+/m1/s1. The number of rotatable bonds is 9. The molecule has 0 spiro atoms. The average molecular weight is 535 g/mol. The fourth-order valence-corrected chi connectivity index (χ4v) is 5.43. The summed E-state index contributed by atoms with van der Waals surface area (Å²) in [6.07, 6.45) is 6.70. The third kappa shape index (κ3) is 6.08. The van der Waals surface area contributed by atoms with Crippen LogP contribution >= 0.6 is 0 Å². The number of fused-ring (bicyclic) bond motifs is 1. The summed E-state index contributed by atoms with van der Waals surface area (Å²) < 4.78 is 29.6. The Kier molecular flexibility index (Phi) is 7.60. The van der Waals surface area contributed by atoms with Crippen LogP contribution in [0.15, 0.2) is 42.7 Å². The number of alkyl halides is 2. The maximum Gasteiger partial charge on any atom is 0.253 e. The Morgan fingerprint density at radius 2 is 1.85 bits per heavy atom. The molecule has 0 radical (unpaired) electrons. The summed E-state index contributed by atoms with van der Waals surface area (Å²) in [4.78, 5) is 30.4. The lowest BCUT2D eigenvalue weighted by Crippen LogP contribution is -2.37. The maximum absolute atomic E-state index is 14.0. The molecule has 0 aliphatic heterocycles. The third-order valence-corrected chi connectivity index (χ3v) is 7.74. The normalized spacial score (nSPS) is 18.7. The summed E-state index contributed by atoms with van der Waals surface area (Å²) in [7, 11) is 0. The third-order valence-electron chi connectivity index (χ3n) is 7.74. The molecule has 2 fully saturated rings. The minimum absolute atomic E-state index is 0.00725. The molecule has 3 aromatic rings. The molecular formula is C29H32F2N6O2. The lowest BCUT2D eigenvalue weighted by atomic mass is 9.81. The van der Waals surface area contributed by atoms with Crippen molar-refractivity contribution in [3.63, 3.8) is 0 Å². The van der Waals surface area contributed by atoms with Crippen molar-refractivity contribution in [2.24, 2.45) is 11.8 Å². The van der Waals surface area contributed by atoms with Crippen LogP contribution < -0.4 is 10.6 Å². The first-order valence-electron chi connectivity index (χ1n) is 13.6. The number of hydrogen-bond acceptors (Lipinski definition) is 5. The molecule has 5 rings (SSSR count). The number of halogens is 2. The Bertz CT molecular complexity index is 1400. The summed E-state index contributed by atoms with van der Waals surface area (Å²) >= 11 is 0. The van der Waals surface area contributed by atoms with Gasteiger partial charge in [0.1, 0.15) is 0 Å². The molecule has 39 heavy (non-hydrogen) atoms. The van der Waals surface area contributed by atoms with E-state index in [1.165, 1.54) is 0 Å². The lowest BCUT2D eigenvalue weighted by Gasteiger charge is -2.33. The second-order valence-corrected chi connectivity index (χ2v) is 10.7. The number of hydrogen-bond donors (Lipinski definition) is 2. The Morgan fingerprint density at radius 3 is 2.54 bits per heavy atom. The van der Waals surface area contributed by atoms with Crippen LogP contribution in [0.5, 0.6) is 0 Å². The summed E-state index contributed by atoms with van der Waals surface area (Å²) in [5.74, 6) is -3.05. The van der Waals surface area contributed by atoms with E-state index in [4.69, 9.17) is 4.98 Å². The van der Waals surface area contributed by atoms with Crippen molar-refractivity contribution in [3.8, 4) is 6.07 Å². The average Bonchev–Trinajstić information content (AvgIpc) is 3.68. The van der Waals surface area contributed by atoms with E-state index in [1.54, 1.807) is 41.2 Å². The van der Waals surface area contributed by atoms with E-state index in [1.807, 2.05) is 19.1 Å². The highest BCUT2D eigenvalue weighted by Gasteiger charge is 2.40. The van der Waals surface area contributed by atoms with Gasteiger partial charge in [-0.15, -0.1) is 0 Å². The fraction of sp³-hybridized carbons (Fsp3) is 0.483. The van der Waals surface area contributed by atoms with Gasteiger partial charge in [0, 0.05) is 19.3 Å². The van der Waals surface area contributed by atoms with Crippen LogP contribution in [0.2, 0.25) is 0 Å². The van der Waals surface area contributed by atoms with Crippen molar-refractivity contribution in [2.45, 2.75) is 76.3 Å². The molecule has 0 bridgehead atoms. The molecule has 10 heteroatoms. The fourth-order valence-electron chi connectivity index (χ4n) is 5.43. The number of carbonyl (C=O) groups excluding carboxylic acids is 2. The van der Waals surface area contributed by atoms with Crippen molar-refractivity contribution in [1.82, 2.24) is 25.2 Å². The number of aromatic nitrogens is 3. The molecule has 2 saturated carbocycles. The molecule has 2 aliphatic carbocycles. The predicted octanol–water partition coefficient (Wildman–Crippen LogP) is 5.26. The van der Waals surface area contributed by atoms with E-state index < -0.39 is 17.9 Å². The molecule has 0 saturated heterocycles. The van der Waals surface area contributed by atoms with Crippen molar-refractivity contribution >= 4 is 17.5 Å². The topological polar surface area (TPSA) is 112 Å². The van der Waals surface area contributed by atoms with Gasteiger partial charge in [0.15, 0.2) is 5.65 Å². The first-order valence-corrected chi connectivity index (χ1v) is 13.6. The van der Waals surface area contributed by atoms with Crippen LogP contribution in [0.4, 0.5) is 8.78 Å². The summed E-state index contributed by atoms with van der Waals surface area (Å²) in [5, 5.41) is 20.1. The minimum atomic E-state index is -2.71. The van der Waals surface area contributed by atoms with Crippen molar-refractivity contribution < 1.29 is 18.4 Å². The lowest BCUT2D eigenvalue weighted by molar-refractivity contribution is -0.122. The first kappa shape index (κ1) is 26.7. The monoisotopic (exact) mass is 534 g/mol. The largest absolute Gasteiger partial charge is 0.349 e. The predicted molar refractivity (Wildman–Crippen MR) is 140 cm³/mol. The second kappa shape index (κ2) is 11.1. The second-order valence-electron chi connectivity index (χ2n) is 10.7. The highest BCUT2D eigenvalue weighted by atomic mass is 19.3. The number of nitriles is 1. The van der Waals surface area contributed by atoms with Gasteiger partial charge in [-0.3, -0.25) is 9.59 Å². The highest BCUT2D eigenvalue weighted by Crippen LogP contribution is 2.42. The zero-order valence-corrected chi connectivity index (χ0v) is 21.9. The Hall–Kier alpha value is -3.87. The van der Waals surface area contributed by atoms with Crippen molar-refractivity contribution in [2.75, 3.05) is 0 Å². The molecule has 0 unspecified atom stereocenters. The Morgan fingerprint density at radius 1 is 1.13 bits per heavy atom. The number of nitrogens with one attached hydrogen (secondary N) is 2. The van der Waals surface area contributed by atoms with Gasteiger partial charge >= 0.3 is 0 Å².